The van der Waals surface area contributed by atoms with Crippen molar-refractivity contribution in [2.45, 2.75) is 0 Å². The van der Waals surface area contributed by atoms with Crippen LogP contribution in [0.25, 0.3) is 0 Å². The Labute approximate surface area is 127 Å². The Morgan fingerprint density at radius 1 is 1.20 bits per heavy atom. The molecule has 1 saturated heterocycles. The zero-order chi connectivity index (χ0) is 13.9. The Hall–Kier alpha value is -1.11. The van der Waals surface area contributed by atoms with Gasteiger partial charge in [0.05, 0.1) is 17.9 Å². The number of hydrogen-bond donors (Lipinski definition) is 2. The van der Waals surface area contributed by atoms with Crippen LogP contribution in [0.1, 0.15) is 0 Å². The molecule has 0 radical (unpaired) electrons. The second-order valence-electron chi connectivity index (χ2n) is 5.15. The van der Waals surface area contributed by atoms with Crippen molar-refractivity contribution in [1.29, 1.82) is 0 Å². The summed E-state index contributed by atoms with van der Waals surface area (Å²) in [6, 6.07) is 6.02. The van der Waals surface area contributed by atoms with Crippen molar-refractivity contribution in [1.82, 2.24) is 10.2 Å². The summed E-state index contributed by atoms with van der Waals surface area (Å²) in [7, 11) is 0. The van der Waals surface area contributed by atoms with Crippen molar-refractivity contribution in [2.24, 2.45) is 0 Å². The van der Waals surface area contributed by atoms with E-state index in [1.54, 1.807) is 0 Å². The highest BCUT2D eigenvalue weighted by atomic mass is 79.9. The largest absolute Gasteiger partial charge is 0.374 e. The highest BCUT2D eigenvalue weighted by molar-refractivity contribution is 9.10. The minimum atomic E-state index is 0.144. The zero-order valence-electron chi connectivity index (χ0n) is 11.4. The number of halogens is 1. The standard InChI is InChI=1S/C14H19BrN4O/c15-11-1-2-12-13(9-11)19(14(20)10-17-12)8-7-18-5-3-16-4-6-18/h1-2,9,16-17H,3-8,10H2. The van der Waals surface area contributed by atoms with Crippen LogP contribution in [0.3, 0.4) is 0 Å². The molecule has 2 heterocycles. The van der Waals surface area contributed by atoms with Crippen molar-refractivity contribution in [2.75, 3.05) is 56.0 Å². The molecule has 0 spiro atoms. The summed E-state index contributed by atoms with van der Waals surface area (Å²) in [5.74, 6) is 0.144. The fourth-order valence-electron chi connectivity index (χ4n) is 2.70. The number of benzene rings is 1. The molecule has 1 fully saturated rings. The number of fused-ring (bicyclic) bond motifs is 1. The number of hydrogen-bond acceptors (Lipinski definition) is 4. The number of rotatable bonds is 3. The molecule has 1 aromatic carbocycles. The lowest BCUT2D eigenvalue weighted by atomic mass is 10.2. The lowest BCUT2D eigenvalue weighted by molar-refractivity contribution is -0.117. The predicted molar refractivity (Wildman–Crippen MR) is 84.3 cm³/mol. The SMILES string of the molecule is O=C1CNc2ccc(Br)cc2N1CCN1CCNCC1. The van der Waals surface area contributed by atoms with E-state index < -0.39 is 0 Å². The molecule has 5 nitrogen and oxygen atoms in total. The van der Waals surface area contributed by atoms with Crippen LogP contribution in [0, 0.1) is 0 Å². The lowest BCUT2D eigenvalue weighted by Crippen LogP contribution is -2.48. The highest BCUT2D eigenvalue weighted by Crippen LogP contribution is 2.32. The Morgan fingerprint density at radius 3 is 2.80 bits per heavy atom. The fourth-order valence-corrected chi connectivity index (χ4v) is 3.05. The molecule has 1 aromatic rings. The van der Waals surface area contributed by atoms with E-state index in [4.69, 9.17) is 0 Å². The van der Waals surface area contributed by atoms with Crippen molar-refractivity contribution < 1.29 is 4.79 Å². The van der Waals surface area contributed by atoms with E-state index in [9.17, 15) is 4.79 Å². The molecule has 2 N–H and O–H groups in total. The molecule has 0 aliphatic carbocycles. The summed E-state index contributed by atoms with van der Waals surface area (Å²) in [4.78, 5) is 16.5. The van der Waals surface area contributed by atoms with Gasteiger partial charge in [-0.05, 0) is 18.2 Å². The third kappa shape index (κ3) is 2.97. The van der Waals surface area contributed by atoms with Crippen LogP contribution in [-0.2, 0) is 4.79 Å². The molecule has 0 bridgehead atoms. The van der Waals surface area contributed by atoms with Gasteiger partial charge in [0.25, 0.3) is 0 Å². The van der Waals surface area contributed by atoms with Crippen molar-refractivity contribution in [3.8, 4) is 0 Å². The summed E-state index contributed by atoms with van der Waals surface area (Å²) in [5.41, 5.74) is 2.01. The minimum absolute atomic E-state index is 0.144. The Balaban J connectivity index is 1.71. The minimum Gasteiger partial charge on any atom is -0.374 e. The average molecular weight is 339 g/mol. The summed E-state index contributed by atoms with van der Waals surface area (Å²) in [5, 5.41) is 6.52. The van der Waals surface area contributed by atoms with Crippen LogP contribution in [0.2, 0.25) is 0 Å². The maximum Gasteiger partial charge on any atom is 0.246 e. The summed E-state index contributed by atoms with van der Waals surface area (Å²) in [6.45, 7) is 6.27. The van der Waals surface area contributed by atoms with E-state index in [-0.39, 0.29) is 5.91 Å². The number of anilines is 2. The van der Waals surface area contributed by atoms with Crippen molar-refractivity contribution >= 4 is 33.2 Å². The number of carbonyl (C=O) groups is 1. The molecule has 0 aromatic heterocycles. The molecular formula is C14H19BrN4O. The van der Waals surface area contributed by atoms with Gasteiger partial charge in [0.15, 0.2) is 0 Å². The van der Waals surface area contributed by atoms with Crippen LogP contribution in [-0.4, -0.2) is 56.6 Å². The summed E-state index contributed by atoms with van der Waals surface area (Å²) in [6.07, 6.45) is 0. The second-order valence-corrected chi connectivity index (χ2v) is 6.07. The molecule has 108 valence electrons. The quantitative estimate of drug-likeness (QED) is 0.866. The second kappa shape index (κ2) is 6.11. The Morgan fingerprint density at radius 2 is 2.00 bits per heavy atom. The molecule has 2 aliphatic rings. The normalized spacial score (nSPS) is 19.6. The van der Waals surface area contributed by atoms with Crippen molar-refractivity contribution in [3.05, 3.63) is 22.7 Å². The highest BCUT2D eigenvalue weighted by Gasteiger charge is 2.24. The monoisotopic (exact) mass is 338 g/mol. The van der Waals surface area contributed by atoms with Gasteiger partial charge in [-0.2, -0.15) is 0 Å². The van der Waals surface area contributed by atoms with E-state index in [0.717, 1.165) is 55.1 Å². The number of carbonyl (C=O) groups excluding carboxylic acids is 1. The first kappa shape index (κ1) is 13.9. The smallest absolute Gasteiger partial charge is 0.246 e. The first-order chi connectivity index (χ1) is 9.74. The molecule has 6 heteroatoms. The molecule has 20 heavy (non-hydrogen) atoms. The zero-order valence-corrected chi connectivity index (χ0v) is 12.9. The van der Waals surface area contributed by atoms with Crippen LogP contribution in [0.15, 0.2) is 22.7 Å². The molecule has 1 amide bonds. The molecule has 2 aliphatic heterocycles. The van der Waals surface area contributed by atoms with E-state index in [1.165, 1.54) is 0 Å². The molecular weight excluding hydrogens is 320 g/mol. The molecule has 0 unspecified atom stereocenters. The van der Waals surface area contributed by atoms with Gasteiger partial charge in [-0.3, -0.25) is 9.69 Å². The van der Waals surface area contributed by atoms with E-state index in [2.05, 4.69) is 31.5 Å². The van der Waals surface area contributed by atoms with Gasteiger partial charge in [0.1, 0.15) is 0 Å². The number of piperazine rings is 1. The van der Waals surface area contributed by atoms with Gasteiger partial charge in [-0.25, -0.2) is 0 Å². The molecule has 0 saturated carbocycles. The fraction of sp³-hybridized carbons (Fsp3) is 0.500. The number of nitrogens with zero attached hydrogens (tertiary/aromatic N) is 2. The summed E-state index contributed by atoms with van der Waals surface area (Å²) >= 11 is 3.48. The van der Waals surface area contributed by atoms with E-state index >= 15 is 0 Å². The number of amides is 1. The van der Waals surface area contributed by atoms with Crippen LogP contribution < -0.4 is 15.5 Å². The first-order valence-corrected chi connectivity index (χ1v) is 7.80. The third-order valence-electron chi connectivity index (χ3n) is 3.83. The van der Waals surface area contributed by atoms with Crippen LogP contribution in [0.5, 0.6) is 0 Å². The van der Waals surface area contributed by atoms with Gasteiger partial charge in [-0.1, -0.05) is 15.9 Å². The molecule has 0 atom stereocenters. The van der Waals surface area contributed by atoms with Crippen LogP contribution >= 0.6 is 15.9 Å². The molecule has 3 rings (SSSR count). The van der Waals surface area contributed by atoms with Gasteiger partial charge >= 0.3 is 0 Å². The number of nitrogens with one attached hydrogen (secondary N) is 2. The maximum absolute atomic E-state index is 12.2. The van der Waals surface area contributed by atoms with E-state index in [1.807, 2.05) is 23.1 Å². The van der Waals surface area contributed by atoms with E-state index in [0.29, 0.717) is 6.54 Å². The van der Waals surface area contributed by atoms with Gasteiger partial charge < -0.3 is 15.5 Å². The van der Waals surface area contributed by atoms with Gasteiger partial charge in [-0.15, -0.1) is 0 Å². The maximum atomic E-state index is 12.2. The Kier molecular flexibility index (Phi) is 4.24. The van der Waals surface area contributed by atoms with Crippen LogP contribution in [0.4, 0.5) is 11.4 Å². The Bertz CT molecular complexity index is 502. The third-order valence-corrected chi connectivity index (χ3v) is 4.32. The lowest BCUT2D eigenvalue weighted by Gasteiger charge is -2.33. The average Bonchev–Trinajstić information content (AvgIpc) is 2.47. The van der Waals surface area contributed by atoms with Gasteiger partial charge in [0, 0.05) is 43.7 Å². The van der Waals surface area contributed by atoms with Crippen molar-refractivity contribution in [3.63, 3.8) is 0 Å². The first-order valence-electron chi connectivity index (χ1n) is 7.01. The summed E-state index contributed by atoms with van der Waals surface area (Å²) < 4.78 is 1.000. The topological polar surface area (TPSA) is 47.6 Å². The predicted octanol–water partition coefficient (Wildman–Crippen LogP) is 1.11. The van der Waals surface area contributed by atoms with Gasteiger partial charge in [0.2, 0.25) is 5.91 Å².